The SMILES string of the molecule is CCC1CCCCC1NS(=O)(=O)c1ccc2c(c1)CCN2. The molecular formula is C16H24N2O2S. The number of fused-ring (bicyclic) bond motifs is 1. The Hall–Kier alpha value is -1.07. The van der Waals surface area contributed by atoms with Crippen molar-refractivity contribution in [3.63, 3.8) is 0 Å². The van der Waals surface area contributed by atoms with E-state index < -0.39 is 10.0 Å². The highest BCUT2D eigenvalue weighted by molar-refractivity contribution is 7.89. The fourth-order valence-electron chi connectivity index (χ4n) is 3.57. The second kappa shape index (κ2) is 5.97. The third-order valence-electron chi connectivity index (χ3n) is 4.84. The van der Waals surface area contributed by atoms with Gasteiger partial charge in [0.05, 0.1) is 4.90 Å². The summed E-state index contributed by atoms with van der Waals surface area (Å²) in [7, 11) is -3.40. The van der Waals surface area contributed by atoms with Crippen LogP contribution < -0.4 is 10.0 Å². The molecule has 1 saturated carbocycles. The van der Waals surface area contributed by atoms with Crippen LogP contribution in [0.1, 0.15) is 44.6 Å². The summed E-state index contributed by atoms with van der Waals surface area (Å²) >= 11 is 0. The summed E-state index contributed by atoms with van der Waals surface area (Å²) in [6.07, 6.45) is 6.39. The molecule has 2 N–H and O–H groups in total. The molecule has 21 heavy (non-hydrogen) atoms. The van der Waals surface area contributed by atoms with Crippen LogP contribution >= 0.6 is 0 Å². The molecule has 2 atom stereocenters. The lowest BCUT2D eigenvalue weighted by atomic mass is 9.83. The smallest absolute Gasteiger partial charge is 0.240 e. The van der Waals surface area contributed by atoms with Crippen LogP contribution in [0.25, 0.3) is 0 Å². The Morgan fingerprint density at radius 2 is 2.10 bits per heavy atom. The van der Waals surface area contributed by atoms with E-state index in [9.17, 15) is 8.42 Å². The highest BCUT2D eigenvalue weighted by Gasteiger charge is 2.28. The van der Waals surface area contributed by atoms with Gasteiger partial charge in [-0.05, 0) is 48.9 Å². The second-order valence-electron chi connectivity index (χ2n) is 6.18. The van der Waals surface area contributed by atoms with Crippen molar-refractivity contribution in [2.45, 2.75) is 56.4 Å². The molecule has 0 spiro atoms. The van der Waals surface area contributed by atoms with E-state index in [0.717, 1.165) is 49.9 Å². The number of sulfonamides is 1. The molecule has 1 heterocycles. The summed E-state index contributed by atoms with van der Waals surface area (Å²) in [4.78, 5) is 0.408. The van der Waals surface area contributed by atoms with Crippen molar-refractivity contribution < 1.29 is 8.42 Å². The van der Waals surface area contributed by atoms with Gasteiger partial charge in [-0.25, -0.2) is 13.1 Å². The molecule has 1 aliphatic heterocycles. The molecule has 5 heteroatoms. The van der Waals surface area contributed by atoms with Crippen LogP contribution in [0.15, 0.2) is 23.1 Å². The molecule has 0 amide bonds. The van der Waals surface area contributed by atoms with Crippen LogP contribution in [0.5, 0.6) is 0 Å². The first-order chi connectivity index (χ1) is 10.1. The lowest BCUT2D eigenvalue weighted by Gasteiger charge is -2.31. The van der Waals surface area contributed by atoms with Crippen molar-refractivity contribution in [1.29, 1.82) is 0 Å². The Bertz CT molecular complexity index is 613. The summed E-state index contributed by atoms with van der Waals surface area (Å²) in [6, 6.07) is 5.51. The Balaban J connectivity index is 1.80. The molecule has 0 saturated heterocycles. The van der Waals surface area contributed by atoms with Crippen molar-refractivity contribution in [3.05, 3.63) is 23.8 Å². The van der Waals surface area contributed by atoms with Gasteiger partial charge in [0.1, 0.15) is 0 Å². The van der Waals surface area contributed by atoms with Gasteiger partial charge in [-0.1, -0.05) is 26.2 Å². The first-order valence-corrected chi connectivity index (χ1v) is 9.47. The molecule has 1 aromatic rings. The predicted molar refractivity (Wildman–Crippen MR) is 85.0 cm³/mol. The van der Waals surface area contributed by atoms with Gasteiger partial charge < -0.3 is 5.32 Å². The van der Waals surface area contributed by atoms with Crippen molar-refractivity contribution in [2.24, 2.45) is 5.92 Å². The van der Waals surface area contributed by atoms with Crippen LogP contribution in [0.3, 0.4) is 0 Å². The first kappa shape index (κ1) is 14.9. The summed E-state index contributed by atoms with van der Waals surface area (Å²) in [5.41, 5.74) is 2.17. The Labute approximate surface area is 127 Å². The van der Waals surface area contributed by atoms with Crippen LogP contribution in [0, 0.1) is 5.92 Å². The second-order valence-corrected chi connectivity index (χ2v) is 7.89. The summed E-state index contributed by atoms with van der Waals surface area (Å²) in [5, 5.41) is 3.26. The fraction of sp³-hybridized carbons (Fsp3) is 0.625. The molecule has 3 rings (SSSR count). The van der Waals surface area contributed by atoms with Gasteiger partial charge in [0.2, 0.25) is 10.0 Å². The normalized spacial score (nSPS) is 25.4. The van der Waals surface area contributed by atoms with E-state index in [2.05, 4.69) is 17.0 Å². The van der Waals surface area contributed by atoms with E-state index in [1.54, 1.807) is 6.07 Å². The molecular weight excluding hydrogens is 284 g/mol. The average molecular weight is 308 g/mol. The van der Waals surface area contributed by atoms with Gasteiger partial charge in [-0.2, -0.15) is 0 Å². The monoisotopic (exact) mass is 308 g/mol. The van der Waals surface area contributed by atoms with Crippen LogP contribution in [0.4, 0.5) is 5.69 Å². The summed E-state index contributed by atoms with van der Waals surface area (Å²) in [6.45, 7) is 3.05. The van der Waals surface area contributed by atoms with Gasteiger partial charge in [0.15, 0.2) is 0 Å². The fourth-order valence-corrected chi connectivity index (χ4v) is 4.96. The largest absolute Gasteiger partial charge is 0.384 e. The minimum Gasteiger partial charge on any atom is -0.384 e. The number of hydrogen-bond donors (Lipinski definition) is 2. The number of hydrogen-bond acceptors (Lipinski definition) is 3. The predicted octanol–water partition coefficient (Wildman–Crippen LogP) is 2.90. The molecule has 116 valence electrons. The number of rotatable bonds is 4. The number of nitrogens with one attached hydrogen (secondary N) is 2. The van der Waals surface area contributed by atoms with Gasteiger partial charge in [0, 0.05) is 18.3 Å². The van der Waals surface area contributed by atoms with Gasteiger partial charge >= 0.3 is 0 Å². The van der Waals surface area contributed by atoms with E-state index >= 15 is 0 Å². The third-order valence-corrected chi connectivity index (χ3v) is 6.32. The van der Waals surface area contributed by atoms with Crippen molar-refractivity contribution in [1.82, 2.24) is 4.72 Å². The van der Waals surface area contributed by atoms with Crippen molar-refractivity contribution >= 4 is 15.7 Å². The molecule has 0 aromatic heterocycles. The summed E-state index contributed by atoms with van der Waals surface area (Å²) in [5.74, 6) is 0.476. The molecule has 2 unspecified atom stereocenters. The standard InChI is InChI=1S/C16H24N2O2S/c1-2-12-5-3-4-6-16(12)18-21(19,20)14-7-8-15-13(11-14)9-10-17-15/h7-8,11-12,16-18H,2-6,9-10H2,1H3. The Morgan fingerprint density at radius 1 is 1.29 bits per heavy atom. The minimum atomic E-state index is -3.40. The molecule has 0 bridgehead atoms. The van der Waals surface area contributed by atoms with Gasteiger partial charge in [0.25, 0.3) is 0 Å². The molecule has 2 aliphatic rings. The van der Waals surface area contributed by atoms with E-state index in [0.29, 0.717) is 10.8 Å². The number of benzene rings is 1. The van der Waals surface area contributed by atoms with Crippen molar-refractivity contribution in [3.8, 4) is 0 Å². The highest BCUT2D eigenvalue weighted by atomic mass is 32.2. The first-order valence-electron chi connectivity index (χ1n) is 7.99. The molecule has 1 fully saturated rings. The van der Waals surface area contributed by atoms with E-state index in [1.807, 2.05) is 12.1 Å². The lowest BCUT2D eigenvalue weighted by molar-refractivity contribution is 0.282. The molecule has 4 nitrogen and oxygen atoms in total. The van der Waals surface area contributed by atoms with Crippen LogP contribution in [-0.2, 0) is 16.4 Å². The zero-order valence-corrected chi connectivity index (χ0v) is 13.4. The zero-order valence-electron chi connectivity index (χ0n) is 12.6. The molecule has 1 aromatic carbocycles. The zero-order chi connectivity index (χ0) is 14.9. The van der Waals surface area contributed by atoms with Gasteiger partial charge in [-0.15, -0.1) is 0 Å². The van der Waals surface area contributed by atoms with E-state index in [1.165, 1.54) is 6.42 Å². The van der Waals surface area contributed by atoms with Crippen LogP contribution in [0.2, 0.25) is 0 Å². The van der Waals surface area contributed by atoms with E-state index in [-0.39, 0.29) is 6.04 Å². The maximum atomic E-state index is 12.6. The summed E-state index contributed by atoms with van der Waals surface area (Å²) < 4.78 is 28.2. The Kier molecular flexibility index (Phi) is 4.22. The quantitative estimate of drug-likeness (QED) is 0.899. The maximum absolute atomic E-state index is 12.6. The lowest BCUT2D eigenvalue weighted by Crippen LogP contribution is -2.41. The van der Waals surface area contributed by atoms with Crippen molar-refractivity contribution in [2.75, 3.05) is 11.9 Å². The Morgan fingerprint density at radius 3 is 2.90 bits per heavy atom. The van der Waals surface area contributed by atoms with Gasteiger partial charge in [-0.3, -0.25) is 0 Å². The average Bonchev–Trinajstić information content (AvgIpc) is 2.95. The highest BCUT2D eigenvalue weighted by Crippen LogP contribution is 2.29. The van der Waals surface area contributed by atoms with Crippen LogP contribution in [-0.4, -0.2) is 21.0 Å². The topological polar surface area (TPSA) is 58.2 Å². The molecule has 1 aliphatic carbocycles. The molecule has 0 radical (unpaired) electrons. The minimum absolute atomic E-state index is 0.0973. The third kappa shape index (κ3) is 3.09. The van der Waals surface area contributed by atoms with E-state index in [4.69, 9.17) is 0 Å². The maximum Gasteiger partial charge on any atom is 0.240 e. The number of anilines is 1.